The molecule has 0 aliphatic rings. The summed E-state index contributed by atoms with van der Waals surface area (Å²) in [6.45, 7) is 5.10. The molecule has 2 aromatic carbocycles. The predicted molar refractivity (Wildman–Crippen MR) is 114 cm³/mol. The summed E-state index contributed by atoms with van der Waals surface area (Å²) in [4.78, 5) is 24.5. The molecule has 1 amide bonds. The van der Waals surface area contributed by atoms with Crippen molar-refractivity contribution in [3.63, 3.8) is 0 Å². The molecule has 2 atom stereocenters. The van der Waals surface area contributed by atoms with Gasteiger partial charge in [-0.3, -0.25) is 4.79 Å². The van der Waals surface area contributed by atoms with Gasteiger partial charge in [-0.1, -0.05) is 22.9 Å². The van der Waals surface area contributed by atoms with Gasteiger partial charge in [0.1, 0.15) is 0 Å². The first-order chi connectivity index (χ1) is 13.6. The van der Waals surface area contributed by atoms with Gasteiger partial charge in [-0.15, -0.1) is 0 Å². The Kier molecular flexibility index (Phi) is 7.95. The Morgan fingerprint density at radius 2 is 1.62 bits per heavy atom. The molecule has 9 heteroatoms. The Morgan fingerprint density at radius 1 is 1.03 bits per heavy atom. The van der Waals surface area contributed by atoms with Gasteiger partial charge in [0.2, 0.25) is 10.0 Å². The zero-order valence-corrected chi connectivity index (χ0v) is 18.7. The van der Waals surface area contributed by atoms with Gasteiger partial charge in [0.25, 0.3) is 5.91 Å². The highest BCUT2D eigenvalue weighted by atomic mass is 79.9. The maximum atomic E-state index is 12.3. The third kappa shape index (κ3) is 6.66. The van der Waals surface area contributed by atoms with E-state index >= 15 is 0 Å². The zero-order valence-electron chi connectivity index (χ0n) is 16.3. The van der Waals surface area contributed by atoms with Crippen LogP contribution in [0.1, 0.15) is 37.6 Å². The number of halogens is 1. The molecule has 156 valence electrons. The van der Waals surface area contributed by atoms with Crippen molar-refractivity contribution in [1.82, 2.24) is 4.72 Å². The van der Waals surface area contributed by atoms with E-state index < -0.39 is 28.0 Å². The molecular weight excluding hydrogens is 460 g/mol. The van der Waals surface area contributed by atoms with Gasteiger partial charge in [-0.05, 0) is 68.8 Å². The first-order valence-electron chi connectivity index (χ1n) is 9.02. The average molecular weight is 483 g/mol. The number of sulfonamides is 1. The SMILES string of the molecule is CCC(C)NS(=O)(=O)c1ccc(C(=O)OC(C)C(=O)Nc2ccc(Br)cc2)cc1. The van der Waals surface area contributed by atoms with Gasteiger partial charge in [-0.25, -0.2) is 17.9 Å². The monoisotopic (exact) mass is 482 g/mol. The van der Waals surface area contributed by atoms with E-state index in [4.69, 9.17) is 4.74 Å². The van der Waals surface area contributed by atoms with Gasteiger partial charge in [0.05, 0.1) is 10.5 Å². The van der Waals surface area contributed by atoms with Crippen molar-refractivity contribution >= 4 is 43.5 Å². The van der Waals surface area contributed by atoms with E-state index in [1.54, 1.807) is 31.2 Å². The normalized spacial score (nSPS) is 13.4. The first-order valence-corrected chi connectivity index (χ1v) is 11.3. The van der Waals surface area contributed by atoms with Crippen LogP contribution in [0.25, 0.3) is 0 Å². The number of carbonyl (C=O) groups excluding carboxylic acids is 2. The molecule has 0 bridgehead atoms. The lowest BCUT2D eigenvalue weighted by molar-refractivity contribution is -0.123. The van der Waals surface area contributed by atoms with E-state index in [-0.39, 0.29) is 16.5 Å². The summed E-state index contributed by atoms with van der Waals surface area (Å²) >= 11 is 3.31. The fourth-order valence-corrected chi connectivity index (χ4v) is 3.84. The molecule has 0 saturated carbocycles. The van der Waals surface area contributed by atoms with E-state index in [1.807, 2.05) is 6.92 Å². The van der Waals surface area contributed by atoms with E-state index in [1.165, 1.54) is 31.2 Å². The number of nitrogens with one attached hydrogen (secondary N) is 2. The van der Waals surface area contributed by atoms with E-state index in [0.29, 0.717) is 12.1 Å². The highest BCUT2D eigenvalue weighted by molar-refractivity contribution is 9.10. The molecule has 0 fully saturated rings. The Balaban J connectivity index is 1.99. The summed E-state index contributed by atoms with van der Waals surface area (Å²) < 4.78 is 33.1. The molecule has 0 spiro atoms. The second kappa shape index (κ2) is 10.00. The van der Waals surface area contributed by atoms with Crippen LogP contribution in [0.3, 0.4) is 0 Å². The van der Waals surface area contributed by atoms with Gasteiger partial charge in [0, 0.05) is 16.2 Å². The van der Waals surface area contributed by atoms with Crippen LogP contribution in [0.15, 0.2) is 57.9 Å². The van der Waals surface area contributed by atoms with E-state index in [9.17, 15) is 18.0 Å². The van der Waals surface area contributed by atoms with Crippen LogP contribution >= 0.6 is 15.9 Å². The van der Waals surface area contributed by atoms with Crippen LogP contribution < -0.4 is 10.0 Å². The van der Waals surface area contributed by atoms with Gasteiger partial charge in [-0.2, -0.15) is 0 Å². The second-order valence-corrected chi connectivity index (χ2v) is 9.13. The number of esters is 1. The number of carbonyl (C=O) groups is 2. The highest BCUT2D eigenvalue weighted by Crippen LogP contribution is 2.16. The Labute approximate surface area is 179 Å². The highest BCUT2D eigenvalue weighted by Gasteiger charge is 2.21. The topological polar surface area (TPSA) is 102 Å². The standard InChI is InChI=1S/C20H23BrN2O5S/c1-4-13(2)23-29(26,27)18-11-5-15(6-12-18)20(25)28-14(3)19(24)22-17-9-7-16(21)8-10-17/h5-14,23H,4H2,1-3H3,(H,22,24). The third-order valence-electron chi connectivity index (χ3n) is 4.13. The zero-order chi connectivity index (χ0) is 21.6. The number of benzene rings is 2. The third-order valence-corrected chi connectivity index (χ3v) is 6.27. The number of ether oxygens (including phenoxy) is 1. The van der Waals surface area contributed by atoms with Crippen LogP contribution in [0, 0.1) is 0 Å². The molecule has 29 heavy (non-hydrogen) atoms. The number of anilines is 1. The molecule has 2 aromatic rings. The lowest BCUT2D eigenvalue weighted by Crippen LogP contribution is -2.32. The van der Waals surface area contributed by atoms with Gasteiger partial charge in [0.15, 0.2) is 6.10 Å². The van der Waals surface area contributed by atoms with Gasteiger partial charge >= 0.3 is 5.97 Å². The maximum absolute atomic E-state index is 12.3. The first kappa shape index (κ1) is 23.1. The predicted octanol–water partition coefficient (Wildman–Crippen LogP) is 3.71. The number of hydrogen-bond acceptors (Lipinski definition) is 5. The molecule has 0 aromatic heterocycles. The Morgan fingerprint density at radius 3 is 2.17 bits per heavy atom. The molecule has 0 aliphatic carbocycles. The van der Waals surface area contributed by atoms with Crippen molar-refractivity contribution in [3.8, 4) is 0 Å². The minimum atomic E-state index is -3.66. The Bertz CT molecular complexity index is 959. The molecule has 2 rings (SSSR count). The average Bonchev–Trinajstić information content (AvgIpc) is 2.69. The minimum absolute atomic E-state index is 0.0513. The summed E-state index contributed by atoms with van der Waals surface area (Å²) in [7, 11) is -3.66. The lowest BCUT2D eigenvalue weighted by atomic mass is 10.2. The molecule has 7 nitrogen and oxygen atoms in total. The van der Waals surface area contributed by atoms with E-state index in [2.05, 4.69) is 26.0 Å². The van der Waals surface area contributed by atoms with Crippen LogP contribution in [-0.2, 0) is 19.6 Å². The lowest BCUT2D eigenvalue weighted by Gasteiger charge is -2.14. The number of hydrogen-bond donors (Lipinski definition) is 2. The van der Waals surface area contributed by atoms with Crippen molar-refractivity contribution in [3.05, 3.63) is 58.6 Å². The molecule has 2 unspecified atom stereocenters. The van der Waals surface area contributed by atoms with Crippen molar-refractivity contribution in [2.24, 2.45) is 0 Å². The fraction of sp³-hybridized carbons (Fsp3) is 0.300. The van der Waals surface area contributed by atoms with Crippen molar-refractivity contribution in [1.29, 1.82) is 0 Å². The quantitative estimate of drug-likeness (QED) is 0.558. The summed E-state index contributed by atoms with van der Waals surface area (Å²) in [6, 6.07) is 12.1. The molecular formula is C20H23BrN2O5S. The van der Waals surface area contributed by atoms with Crippen LogP contribution in [-0.4, -0.2) is 32.4 Å². The molecule has 2 N–H and O–H groups in total. The summed E-state index contributed by atoms with van der Waals surface area (Å²) in [5.74, 6) is -1.19. The van der Waals surface area contributed by atoms with Crippen LogP contribution in [0.4, 0.5) is 5.69 Å². The summed E-state index contributed by atoms with van der Waals surface area (Å²) in [6.07, 6.45) is -0.370. The van der Waals surface area contributed by atoms with E-state index in [0.717, 1.165) is 4.47 Å². The summed E-state index contributed by atoms with van der Waals surface area (Å²) in [5.41, 5.74) is 0.722. The molecule has 0 aliphatic heterocycles. The number of rotatable bonds is 8. The maximum Gasteiger partial charge on any atom is 0.338 e. The van der Waals surface area contributed by atoms with Crippen molar-refractivity contribution < 1.29 is 22.7 Å². The van der Waals surface area contributed by atoms with Crippen molar-refractivity contribution in [2.45, 2.75) is 44.2 Å². The van der Waals surface area contributed by atoms with Gasteiger partial charge < -0.3 is 10.1 Å². The smallest absolute Gasteiger partial charge is 0.338 e. The van der Waals surface area contributed by atoms with Crippen molar-refractivity contribution in [2.75, 3.05) is 5.32 Å². The van der Waals surface area contributed by atoms with Crippen LogP contribution in [0.2, 0.25) is 0 Å². The second-order valence-electron chi connectivity index (χ2n) is 6.50. The number of amides is 1. The minimum Gasteiger partial charge on any atom is -0.449 e. The largest absolute Gasteiger partial charge is 0.449 e. The molecule has 0 radical (unpaired) electrons. The fourth-order valence-electron chi connectivity index (χ4n) is 2.25. The Hall–Kier alpha value is -2.23. The van der Waals surface area contributed by atoms with Crippen LogP contribution in [0.5, 0.6) is 0 Å². The molecule has 0 saturated heterocycles. The molecule has 0 heterocycles. The summed E-state index contributed by atoms with van der Waals surface area (Å²) in [5, 5.41) is 2.65.